The second-order valence-corrected chi connectivity index (χ2v) is 6.83. The summed E-state index contributed by atoms with van der Waals surface area (Å²) in [6.07, 6.45) is -3.86. The molecule has 168 valence electrons. The van der Waals surface area contributed by atoms with E-state index < -0.39 is 11.7 Å². The second kappa shape index (κ2) is 9.38. The number of aryl methyl sites for hydroxylation is 1. The van der Waals surface area contributed by atoms with Crippen molar-refractivity contribution < 1.29 is 27.4 Å². The lowest BCUT2D eigenvalue weighted by Crippen LogP contribution is -2.41. The molecule has 0 bridgehead atoms. The van der Waals surface area contributed by atoms with Gasteiger partial charge >= 0.3 is 6.18 Å². The van der Waals surface area contributed by atoms with Gasteiger partial charge in [-0.1, -0.05) is 0 Å². The molecule has 0 aliphatic carbocycles. The van der Waals surface area contributed by atoms with Gasteiger partial charge in [0, 0.05) is 31.9 Å². The van der Waals surface area contributed by atoms with Crippen molar-refractivity contribution in [3.05, 3.63) is 35.0 Å². The van der Waals surface area contributed by atoms with Crippen molar-refractivity contribution >= 4 is 23.4 Å². The van der Waals surface area contributed by atoms with Crippen molar-refractivity contribution in [3.8, 4) is 5.75 Å². The molecule has 11 heteroatoms. The van der Waals surface area contributed by atoms with Gasteiger partial charge in [0.1, 0.15) is 17.1 Å². The van der Waals surface area contributed by atoms with Crippen LogP contribution in [0.1, 0.15) is 28.4 Å². The average Bonchev–Trinajstić information content (AvgIpc) is 2.75. The Hall–Kier alpha value is -3.08. The van der Waals surface area contributed by atoms with E-state index >= 15 is 0 Å². The molecule has 8 nitrogen and oxygen atoms in total. The molecule has 1 aromatic carbocycles. The number of halogens is 3. The first-order valence-corrected chi connectivity index (χ1v) is 9.78. The van der Waals surface area contributed by atoms with Gasteiger partial charge in [-0.05, 0) is 31.5 Å². The van der Waals surface area contributed by atoms with Crippen LogP contribution in [0.4, 0.5) is 30.6 Å². The van der Waals surface area contributed by atoms with Crippen LogP contribution in [-0.4, -0.2) is 60.7 Å². The number of benzene rings is 1. The summed E-state index contributed by atoms with van der Waals surface area (Å²) < 4.78 is 50.2. The SMILES string of the molecule is CCOc1cc(C(=O)N2CCOCC2)c(C)cc1Nc1ncc(C(F)(F)F)c(NC)n1. The third-order valence-corrected chi connectivity index (χ3v) is 4.73. The average molecular weight is 439 g/mol. The number of hydrogen-bond donors (Lipinski definition) is 2. The number of carbonyl (C=O) groups is 1. The lowest BCUT2D eigenvalue weighted by molar-refractivity contribution is -0.137. The van der Waals surface area contributed by atoms with Crippen LogP contribution in [0.15, 0.2) is 18.3 Å². The molecule has 0 spiro atoms. The van der Waals surface area contributed by atoms with Crippen molar-refractivity contribution in [1.82, 2.24) is 14.9 Å². The van der Waals surface area contributed by atoms with Crippen LogP contribution in [-0.2, 0) is 10.9 Å². The van der Waals surface area contributed by atoms with E-state index in [0.29, 0.717) is 61.7 Å². The van der Waals surface area contributed by atoms with Gasteiger partial charge in [0.15, 0.2) is 0 Å². The molecule has 1 fully saturated rings. The summed E-state index contributed by atoms with van der Waals surface area (Å²) >= 11 is 0. The quantitative estimate of drug-likeness (QED) is 0.713. The number of rotatable bonds is 6. The Balaban J connectivity index is 1.92. The number of aromatic nitrogens is 2. The van der Waals surface area contributed by atoms with Gasteiger partial charge in [0.2, 0.25) is 5.95 Å². The molecule has 2 N–H and O–H groups in total. The topological polar surface area (TPSA) is 88.6 Å². The molecule has 2 aromatic rings. The number of nitrogens with one attached hydrogen (secondary N) is 2. The minimum Gasteiger partial charge on any atom is -0.492 e. The third-order valence-electron chi connectivity index (χ3n) is 4.73. The maximum absolute atomic E-state index is 13.1. The zero-order valence-corrected chi connectivity index (χ0v) is 17.5. The second-order valence-electron chi connectivity index (χ2n) is 6.83. The summed E-state index contributed by atoms with van der Waals surface area (Å²) in [5, 5.41) is 5.33. The molecule has 2 heterocycles. The number of amides is 1. The molecule has 0 saturated carbocycles. The summed E-state index contributed by atoms with van der Waals surface area (Å²) in [4.78, 5) is 22.3. The zero-order valence-electron chi connectivity index (χ0n) is 17.5. The number of alkyl halides is 3. The van der Waals surface area contributed by atoms with Gasteiger partial charge in [-0.2, -0.15) is 18.2 Å². The van der Waals surface area contributed by atoms with Gasteiger partial charge in [-0.25, -0.2) is 4.98 Å². The molecule has 3 rings (SSSR count). The maximum Gasteiger partial charge on any atom is 0.421 e. The van der Waals surface area contributed by atoms with Crippen molar-refractivity contribution in [1.29, 1.82) is 0 Å². The van der Waals surface area contributed by atoms with Crippen LogP contribution < -0.4 is 15.4 Å². The minimum atomic E-state index is -4.58. The highest BCUT2D eigenvalue weighted by atomic mass is 19.4. The summed E-state index contributed by atoms with van der Waals surface area (Å²) in [7, 11) is 1.35. The minimum absolute atomic E-state index is 0.0371. The molecule has 1 amide bonds. The smallest absolute Gasteiger partial charge is 0.421 e. The van der Waals surface area contributed by atoms with E-state index in [4.69, 9.17) is 9.47 Å². The van der Waals surface area contributed by atoms with E-state index in [1.165, 1.54) is 7.05 Å². The predicted molar refractivity (Wildman–Crippen MR) is 109 cm³/mol. The largest absolute Gasteiger partial charge is 0.492 e. The van der Waals surface area contributed by atoms with E-state index in [2.05, 4.69) is 20.6 Å². The van der Waals surface area contributed by atoms with Crippen LogP contribution >= 0.6 is 0 Å². The van der Waals surface area contributed by atoms with Gasteiger partial charge in [0.25, 0.3) is 5.91 Å². The van der Waals surface area contributed by atoms with E-state index in [1.807, 2.05) is 0 Å². The monoisotopic (exact) mass is 439 g/mol. The van der Waals surface area contributed by atoms with Crippen molar-refractivity contribution in [2.75, 3.05) is 50.6 Å². The Kier molecular flexibility index (Phi) is 6.84. The van der Waals surface area contributed by atoms with Gasteiger partial charge < -0.3 is 25.0 Å². The summed E-state index contributed by atoms with van der Waals surface area (Å²) in [6.45, 7) is 5.90. The van der Waals surface area contributed by atoms with Crippen LogP contribution in [0, 0.1) is 6.92 Å². The fraction of sp³-hybridized carbons (Fsp3) is 0.450. The first kappa shape index (κ1) is 22.6. The Labute approximate surface area is 177 Å². The van der Waals surface area contributed by atoms with E-state index in [0.717, 1.165) is 0 Å². The molecule has 31 heavy (non-hydrogen) atoms. The third kappa shape index (κ3) is 5.16. The Morgan fingerprint density at radius 2 is 2.00 bits per heavy atom. The Morgan fingerprint density at radius 1 is 1.29 bits per heavy atom. The summed E-state index contributed by atoms with van der Waals surface area (Å²) in [6, 6.07) is 3.32. The number of morpholine rings is 1. The Morgan fingerprint density at radius 3 is 2.61 bits per heavy atom. The number of hydrogen-bond acceptors (Lipinski definition) is 7. The van der Waals surface area contributed by atoms with E-state index in [9.17, 15) is 18.0 Å². The first-order chi connectivity index (χ1) is 14.7. The van der Waals surface area contributed by atoms with E-state index in [-0.39, 0.29) is 17.7 Å². The van der Waals surface area contributed by atoms with Crippen molar-refractivity contribution in [3.63, 3.8) is 0 Å². The lowest BCUT2D eigenvalue weighted by Gasteiger charge is -2.27. The van der Waals surface area contributed by atoms with E-state index in [1.54, 1.807) is 30.9 Å². The molecular weight excluding hydrogens is 415 g/mol. The molecule has 1 aliphatic heterocycles. The maximum atomic E-state index is 13.1. The van der Waals surface area contributed by atoms with Crippen LogP contribution in [0.5, 0.6) is 5.75 Å². The molecular formula is C20H24F3N5O3. The predicted octanol–water partition coefficient (Wildman–Crippen LogP) is 3.46. The molecule has 0 atom stereocenters. The molecule has 1 aliphatic rings. The summed E-state index contributed by atoms with van der Waals surface area (Å²) in [5.41, 5.74) is 0.649. The van der Waals surface area contributed by atoms with Crippen molar-refractivity contribution in [2.45, 2.75) is 20.0 Å². The molecule has 1 aromatic heterocycles. The Bertz CT molecular complexity index is 946. The van der Waals surface area contributed by atoms with Gasteiger partial charge in [0.05, 0.1) is 25.5 Å². The van der Waals surface area contributed by atoms with Crippen LogP contribution in [0.25, 0.3) is 0 Å². The zero-order chi connectivity index (χ0) is 22.6. The highest BCUT2D eigenvalue weighted by Gasteiger charge is 2.35. The number of anilines is 3. The summed E-state index contributed by atoms with van der Waals surface area (Å²) in [5.74, 6) is -0.139. The van der Waals surface area contributed by atoms with Crippen LogP contribution in [0.2, 0.25) is 0 Å². The fourth-order valence-electron chi connectivity index (χ4n) is 3.19. The first-order valence-electron chi connectivity index (χ1n) is 9.78. The molecule has 1 saturated heterocycles. The lowest BCUT2D eigenvalue weighted by atomic mass is 10.1. The normalized spacial score (nSPS) is 14.3. The van der Waals surface area contributed by atoms with Gasteiger partial charge in [-0.15, -0.1) is 0 Å². The van der Waals surface area contributed by atoms with Crippen molar-refractivity contribution in [2.24, 2.45) is 0 Å². The van der Waals surface area contributed by atoms with Crippen LogP contribution in [0.3, 0.4) is 0 Å². The number of ether oxygens (including phenoxy) is 2. The van der Waals surface area contributed by atoms with Gasteiger partial charge in [-0.3, -0.25) is 4.79 Å². The number of nitrogens with zero attached hydrogens (tertiary/aromatic N) is 3. The highest BCUT2D eigenvalue weighted by Crippen LogP contribution is 2.35. The molecule has 0 radical (unpaired) electrons. The molecule has 0 unspecified atom stereocenters. The highest BCUT2D eigenvalue weighted by molar-refractivity contribution is 5.97. The number of carbonyl (C=O) groups excluding carboxylic acids is 1. The fourth-order valence-corrected chi connectivity index (χ4v) is 3.19. The standard InChI is InChI=1S/C20H24F3N5O3/c1-4-31-16-10-13(18(29)28-5-7-30-8-6-28)12(2)9-15(16)26-19-25-11-14(20(21,22)23)17(24-3)27-19/h9-11H,4-8H2,1-3H3,(H2,24,25,26,27).